The van der Waals surface area contributed by atoms with Crippen molar-refractivity contribution in [3.8, 4) is 11.5 Å². The molecular weight excluding hydrogens is 463 g/mol. The Hall–Kier alpha value is -1.57. The van der Waals surface area contributed by atoms with Gasteiger partial charge in [-0.15, -0.1) is 0 Å². The largest absolute Gasteiger partial charge is 0.506 e. The van der Waals surface area contributed by atoms with Gasteiger partial charge in [-0.3, -0.25) is 4.79 Å². The van der Waals surface area contributed by atoms with Gasteiger partial charge in [-0.2, -0.15) is 5.10 Å². The number of carbonyl (C=O) groups excluding carboxylic acids is 1. The van der Waals surface area contributed by atoms with Crippen molar-refractivity contribution in [2.45, 2.75) is 6.92 Å². The number of aryl methyl sites for hydroxylation is 1. The Kier molecular flexibility index (Phi) is 6.65. The number of ether oxygens (including phenoxy) is 1. The van der Waals surface area contributed by atoms with Gasteiger partial charge in [0.2, 0.25) is 0 Å². The first-order valence-corrected chi connectivity index (χ1v) is 8.72. The number of halogens is 3. The lowest BCUT2D eigenvalue weighted by Gasteiger charge is -2.07. The van der Waals surface area contributed by atoms with Crippen LogP contribution in [-0.4, -0.2) is 23.8 Å². The summed E-state index contributed by atoms with van der Waals surface area (Å²) in [6.07, 6.45) is 1.45. The SMILES string of the molecule is Cc1ccc(Cl)c(OCC(=O)NN=Cc2cc(Br)c(O)c(Br)c2)c1. The molecule has 0 aliphatic heterocycles. The number of nitrogens with one attached hydrogen (secondary N) is 1. The molecule has 0 saturated heterocycles. The molecule has 0 aliphatic carbocycles. The predicted octanol–water partition coefficient (Wildman–Crippen LogP) is 4.41. The predicted molar refractivity (Wildman–Crippen MR) is 101 cm³/mol. The van der Waals surface area contributed by atoms with E-state index in [9.17, 15) is 9.90 Å². The first-order chi connectivity index (χ1) is 11.4. The number of amides is 1. The molecule has 0 saturated carbocycles. The highest BCUT2D eigenvalue weighted by atomic mass is 79.9. The molecule has 0 fully saturated rings. The van der Waals surface area contributed by atoms with E-state index in [0.29, 0.717) is 25.3 Å². The van der Waals surface area contributed by atoms with Gasteiger partial charge in [0.25, 0.3) is 5.91 Å². The fourth-order valence-electron chi connectivity index (χ4n) is 1.74. The van der Waals surface area contributed by atoms with Gasteiger partial charge in [-0.05, 0) is 74.2 Å². The summed E-state index contributed by atoms with van der Waals surface area (Å²) < 4.78 is 6.40. The van der Waals surface area contributed by atoms with Crippen molar-refractivity contribution in [3.63, 3.8) is 0 Å². The van der Waals surface area contributed by atoms with Gasteiger partial charge in [-0.25, -0.2) is 5.43 Å². The van der Waals surface area contributed by atoms with Gasteiger partial charge < -0.3 is 9.84 Å². The first kappa shape index (κ1) is 18.8. The molecule has 2 N–H and O–H groups in total. The minimum atomic E-state index is -0.416. The molecule has 8 heteroatoms. The van der Waals surface area contributed by atoms with Crippen LogP contribution < -0.4 is 10.2 Å². The standard InChI is InChI=1S/C16H13Br2ClN2O3/c1-9-2-3-13(19)14(4-9)24-8-15(22)21-20-7-10-5-11(17)16(23)12(18)6-10/h2-7,23H,8H2,1H3,(H,21,22). The molecule has 0 spiro atoms. The molecule has 0 atom stereocenters. The Morgan fingerprint density at radius 3 is 2.67 bits per heavy atom. The third-order valence-electron chi connectivity index (χ3n) is 2.89. The molecule has 2 aromatic carbocycles. The maximum Gasteiger partial charge on any atom is 0.277 e. The van der Waals surface area contributed by atoms with Crippen LogP contribution in [0.25, 0.3) is 0 Å². The fourth-order valence-corrected chi connectivity index (χ4v) is 3.13. The van der Waals surface area contributed by atoms with Gasteiger partial charge in [0, 0.05) is 0 Å². The van der Waals surface area contributed by atoms with E-state index in [2.05, 4.69) is 42.4 Å². The van der Waals surface area contributed by atoms with Gasteiger partial charge in [0.1, 0.15) is 11.5 Å². The monoisotopic (exact) mass is 474 g/mol. The number of aromatic hydroxyl groups is 1. The van der Waals surface area contributed by atoms with Crippen molar-refractivity contribution in [3.05, 3.63) is 55.4 Å². The van der Waals surface area contributed by atoms with E-state index < -0.39 is 5.91 Å². The maximum atomic E-state index is 11.7. The van der Waals surface area contributed by atoms with Gasteiger partial charge >= 0.3 is 0 Å². The lowest BCUT2D eigenvalue weighted by molar-refractivity contribution is -0.123. The van der Waals surface area contributed by atoms with E-state index in [0.717, 1.165) is 5.56 Å². The van der Waals surface area contributed by atoms with Crippen LogP contribution in [0.15, 0.2) is 44.4 Å². The van der Waals surface area contributed by atoms with Crippen LogP contribution in [0.2, 0.25) is 5.02 Å². The van der Waals surface area contributed by atoms with E-state index in [1.165, 1.54) is 6.21 Å². The number of hydrogen-bond donors (Lipinski definition) is 2. The summed E-state index contributed by atoms with van der Waals surface area (Å²) >= 11 is 12.4. The molecule has 0 heterocycles. The molecule has 2 aromatic rings. The fraction of sp³-hybridized carbons (Fsp3) is 0.125. The lowest BCUT2D eigenvalue weighted by Crippen LogP contribution is -2.24. The molecule has 0 unspecified atom stereocenters. The number of phenolic OH excluding ortho intramolecular Hbond substituents is 1. The van der Waals surface area contributed by atoms with Crippen LogP contribution in [0.5, 0.6) is 11.5 Å². The number of phenols is 1. The van der Waals surface area contributed by atoms with E-state index in [4.69, 9.17) is 16.3 Å². The van der Waals surface area contributed by atoms with Crippen LogP contribution >= 0.6 is 43.5 Å². The summed E-state index contributed by atoms with van der Waals surface area (Å²) in [4.78, 5) is 11.7. The Labute approximate surface area is 160 Å². The number of hydrazone groups is 1. The van der Waals surface area contributed by atoms with E-state index >= 15 is 0 Å². The van der Waals surface area contributed by atoms with Crippen LogP contribution in [0.3, 0.4) is 0 Å². The summed E-state index contributed by atoms with van der Waals surface area (Å²) in [5, 5.41) is 13.9. The normalized spacial score (nSPS) is 10.8. The maximum absolute atomic E-state index is 11.7. The molecule has 5 nitrogen and oxygen atoms in total. The molecule has 126 valence electrons. The minimum absolute atomic E-state index is 0.0969. The Balaban J connectivity index is 1.90. The second kappa shape index (κ2) is 8.50. The zero-order valence-electron chi connectivity index (χ0n) is 12.5. The summed E-state index contributed by atoms with van der Waals surface area (Å²) in [5.74, 6) is 0.127. The molecule has 0 bridgehead atoms. The van der Waals surface area contributed by atoms with Crippen molar-refractivity contribution < 1.29 is 14.6 Å². The van der Waals surface area contributed by atoms with Crippen molar-refractivity contribution in [2.75, 3.05) is 6.61 Å². The molecular formula is C16H13Br2ClN2O3. The van der Waals surface area contributed by atoms with E-state index in [-0.39, 0.29) is 12.4 Å². The Morgan fingerprint density at radius 1 is 1.33 bits per heavy atom. The average Bonchev–Trinajstić information content (AvgIpc) is 2.53. The molecule has 24 heavy (non-hydrogen) atoms. The highest BCUT2D eigenvalue weighted by molar-refractivity contribution is 9.11. The summed E-state index contributed by atoms with van der Waals surface area (Å²) in [6.45, 7) is 1.70. The van der Waals surface area contributed by atoms with Crippen LogP contribution in [0, 0.1) is 6.92 Å². The number of hydrogen-bond acceptors (Lipinski definition) is 4. The summed E-state index contributed by atoms with van der Waals surface area (Å²) in [6, 6.07) is 8.65. The zero-order chi connectivity index (χ0) is 17.7. The third kappa shape index (κ3) is 5.22. The van der Waals surface area contributed by atoms with Gasteiger partial charge in [0.15, 0.2) is 6.61 Å². The quantitative estimate of drug-likeness (QED) is 0.496. The van der Waals surface area contributed by atoms with E-state index in [1.54, 1.807) is 24.3 Å². The Morgan fingerprint density at radius 2 is 2.00 bits per heavy atom. The van der Waals surface area contributed by atoms with Crippen LogP contribution in [0.4, 0.5) is 0 Å². The average molecular weight is 477 g/mol. The van der Waals surface area contributed by atoms with Crippen molar-refractivity contribution in [1.29, 1.82) is 0 Å². The van der Waals surface area contributed by atoms with Crippen molar-refractivity contribution >= 4 is 55.6 Å². The highest BCUT2D eigenvalue weighted by Crippen LogP contribution is 2.32. The summed E-state index contributed by atoms with van der Waals surface area (Å²) in [7, 11) is 0. The lowest BCUT2D eigenvalue weighted by atomic mass is 10.2. The second-order valence-electron chi connectivity index (χ2n) is 4.85. The van der Waals surface area contributed by atoms with E-state index in [1.807, 2.05) is 13.0 Å². The topological polar surface area (TPSA) is 70.9 Å². The minimum Gasteiger partial charge on any atom is -0.506 e. The third-order valence-corrected chi connectivity index (χ3v) is 4.41. The van der Waals surface area contributed by atoms with Gasteiger partial charge in [0.05, 0.1) is 20.2 Å². The molecule has 2 rings (SSSR count). The highest BCUT2D eigenvalue weighted by Gasteiger charge is 2.06. The van der Waals surface area contributed by atoms with Crippen molar-refractivity contribution in [1.82, 2.24) is 5.43 Å². The number of carbonyl (C=O) groups is 1. The van der Waals surface area contributed by atoms with Crippen molar-refractivity contribution in [2.24, 2.45) is 5.10 Å². The molecule has 0 aliphatic rings. The zero-order valence-corrected chi connectivity index (χ0v) is 16.4. The molecule has 0 aromatic heterocycles. The van der Waals surface area contributed by atoms with Gasteiger partial charge in [-0.1, -0.05) is 17.7 Å². The second-order valence-corrected chi connectivity index (χ2v) is 6.96. The molecule has 1 amide bonds. The summed E-state index contributed by atoms with van der Waals surface area (Å²) in [5.41, 5.74) is 4.03. The first-order valence-electron chi connectivity index (χ1n) is 6.75. The van der Waals surface area contributed by atoms with Crippen LogP contribution in [-0.2, 0) is 4.79 Å². The number of rotatable bonds is 5. The molecule has 0 radical (unpaired) electrons. The smallest absolute Gasteiger partial charge is 0.277 e. The number of nitrogens with zero attached hydrogens (tertiary/aromatic N) is 1. The number of benzene rings is 2. The van der Waals surface area contributed by atoms with Crippen LogP contribution in [0.1, 0.15) is 11.1 Å². The Bertz CT molecular complexity index is 774.